The number of rotatable bonds is 3. The molecule has 0 aliphatic heterocycles. The number of hydrogen-bond donors (Lipinski definition) is 0. The van der Waals surface area contributed by atoms with Crippen molar-refractivity contribution in [1.29, 1.82) is 0 Å². The number of halogens is 2. The summed E-state index contributed by atoms with van der Waals surface area (Å²) in [5, 5.41) is 0.563. The van der Waals surface area contributed by atoms with E-state index in [1.807, 2.05) is 12.1 Å². The molecule has 3 aromatic rings. The third kappa shape index (κ3) is 2.39. The molecular weight excluding hydrogens is 267 g/mol. The number of aromatic nitrogens is 2. The van der Waals surface area contributed by atoms with Crippen LogP contribution in [0.2, 0.25) is 5.15 Å². The van der Waals surface area contributed by atoms with Crippen molar-refractivity contribution in [2.45, 2.75) is 6.61 Å². The predicted molar refractivity (Wildman–Crippen MR) is 70.9 cm³/mol. The molecule has 3 rings (SSSR count). The molecule has 2 heterocycles. The van der Waals surface area contributed by atoms with Gasteiger partial charge in [-0.05, 0) is 24.3 Å². The third-order valence-electron chi connectivity index (χ3n) is 2.74. The average Bonchev–Trinajstić information content (AvgIpc) is 2.81. The first-order valence-corrected chi connectivity index (χ1v) is 6.11. The lowest BCUT2D eigenvalue weighted by molar-refractivity contribution is 0.299. The summed E-state index contributed by atoms with van der Waals surface area (Å²) in [6.07, 6.45) is 1.69. The normalized spacial score (nSPS) is 10.8. The lowest BCUT2D eigenvalue weighted by Gasteiger charge is -2.07. The molecule has 0 saturated heterocycles. The minimum atomic E-state index is -0.325. The van der Waals surface area contributed by atoms with Crippen LogP contribution >= 0.6 is 11.6 Å². The van der Waals surface area contributed by atoms with Crippen molar-refractivity contribution in [3.8, 4) is 5.75 Å². The standard InChI is InChI=1S/C14H10ClFN2O/c15-13-5-2-6-14-17-8-11(18(13)14)9-19-12-4-1-3-10(16)7-12/h1-8H,9H2. The molecule has 0 radical (unpaired) electrons. The van der Waals surface area contributed by atoms with Gasteiger partial charge in [0.1, 0.15) is 29.0 Å². The summed E-state index contributed by atoms with van der Waals surface area (Å²) in [6, 6.07) is 11.5. The highest BCUT2D eigenvalue weighted by atomic mass is 35.5. The summed E-state index contributed by atoms with van der Waals surface area (Å²) in [7, 11) is 0. The maximum Gasteiger partial charge on any atom is 0.138 e. The van der Waals surface area contributed by atoms with E-state index in [4.69, 9.17) is 16.3 Å². The fourth-order valence-electron chi connectivity index (χ4n) is 1.87. The second-order valence-corrected chi connectivity index (χ2v) is 4.42. The smallest absolute Gasteiger partial charge is 0.138 e. The van der Waals surface area contributed by atoms with Gasteiger partial charge in [0.25, 0.3) is 0 Å². The lowest BCUT2D eigenvalue weighted by atomic mass is 10.3. The average molecular weight is 277 g/mol. The van der Waals surface area contributed by atoms with E-state index in [1.165, 1.54) is 12.1 Å². The quantitative estimate of drug-likeness (QED) is 0.682. The van der Waals surface area contributed by atoms with E-state index in [1.54, 1.807) is 28.8 Å². The van der Waals surface area contributed by atoms with Gasteiger partial charge in [0.15, 0.2) is 0 Å². The minimum Gasteiger partial charge on any atom is -0.487 e. The van der Waals surface area contributed by atoms with Gasteiger partial charge in [0.2, 0.25) is 0 Å². The Bertz CT molecular complexity index is 726. The topological polar surface area (TPSA) is 26.5 Å². The molecule has 1 aromatic carbocycles. The van der Waals surface area contributed by atoms with Crippen molar-refractivity contribution < 1.29 is 9.13 Å². The summed E-state index contributed by atoms with van der Waals surface area (Å²) >= 11 is 6.12. The Hall–Kier alpha value is -2.07. The van der Waals surface area contributed by atoms with Crippen LogP contribution in [0.4, 0.5) is 4.39 Å². The molecule has 0 aliphatic carbocycles. The molecule has 0 bridgehead atoms. The Morgan fingerprint density at radius 3 is 2.89 bits per heavy atom. The molecule has 0 amide bonds. The largest absolute Gasteiger partial charge is 0.487 e. The van der Waals surface area contributed by atoms with E-state index in [0.29, 0.717) is 10.9 Å². The summed E-state index contributed by atoms with van der Waals surface area (Å²) in [5.74, 6) is 0.149. The van der Waals surface area contributed by atoms with Crippen molar-refractivity contribution in [3.05, 3.63) is 65.3 Å². The van der Waals surface area contributed by atoms with Crippen LogP contribution in [0.1, 0.15) is 5.69 Å². The molecular formula is C14H10ClFN2O. The molecule has 0 fully saturated rings. The van der Waals surface area contributed by atoms with Crippen LogP contribution in [0.3, 0.4) is 0 Å². The maximum absolute atomic E-state index is 13.0. The first-order valence-electron chi connectivity index (χ1n) is 5.73. The van der Waals surface area contributed by atoms with Gasteiger partial charge in [-0.25, -0.2) is 9.37 Å². The second kappa shape index (κ2) is 4.90. The van der Waals surface area contributed by atoms with Gasteiger partial charge in [0, 0.05) is 6.07 Å². The molecule has 0 aliphatic rings. The number of fused-ring (bicyclic) bond motifs is 1. The fourth-order valence-corrected chi connectivity index (χ4v) is 2.14. The Kier molecular flexibility index (Phi) is 3.09. The van der Waals surface area contributed by atoms with Crippen molar-refractivity contribution in [1.82, 2.24) is 9.38 Å². The Morgan fingerprint density at radius 1 is 1.21 bits per heavy atom. The number of imidazole rings is 1. The molecule has 96 valence electrons. The number of pyridine rings is 1. The molecule has 5 heteroatoms. The van der Waals surface area contributed by atoms with Crippen molar-refractivity contribution in [2.75, 3.05) is 0 Å². The van der Waals surface area contributed by atoms with Crippen molar-refractivity contribution in [3.63, 3.8) is 0 Å². The highest BCUT2D eigenvalue weighted by Gasteiger charge is 2.07. The van der Waals surface area contributed by atoms with Gasteiger partial charge < -0.3 is 4.74 Å². The lowest BCUT2D eigenvalue weighted by Crippen LogP contribution is -2.00. The summed E-state index contributed by atoms with van der Waals surface area (Å²) in [4.78, 5) is 4.23. The highest BCUT2D eigenvalue weighted by molar-refractivity contribution is 6.29. The molecule has 0 atom stereocenters. The predicted octanol–water partition coefficient (Wildman–Crippen LogP) is 3.71. The summed E-state index contributed by atoms with van der Waals surface area (Å²) in [5.41, 5.74) is 1.57. The van der Waals surface area contributed by atoms with Crippen LogP contribution in [0, 0.1) is 5.82 Å². The summed E-state index contributed by atoms with van der Waals surface area (Å²) < 4.78 is 20.4. The van der Waals surface area contributed by atoms with Crippen LogP contribution in [0.25, 0.3) is 5.65 Å². The fraction of sp³-hybridized carbons (Fsp3) is 0.0714. The molecule has 19 heavy (non-hydrogen) atoms. The molecule has 0 saturated carbocycles. The zero-order chi connectivity index (χ0) is 13.2. The molecule has 0 unspecified atom stereocenters. The van der Waals surface area contributed by atoms with E-state index in [0.717, 1.165) is 11.3 Å². The number of nitrogens with zero attached hydrogens (tertiary/aromatic N) is 2. The monoisotopic (exact) mass is 276 g/mol. The van der Waals surface area contributed by atoms with E-state index < -0.39 is 0 Å². The van der Waals surface area contributed by atoms with E-state index in [9.17, 15) is 4.39 Å². The first-order chi connectivity index (χ1) is 9.24. The van der Waals surface area contributed by atoms with Gasteiger partial charge in [-0.15, -0.1) is 0 Å². The number of benzene rings is 1. The first kappa shape index (κ1) is 12.0. The third-order valence-corrected chi connectivity index (χ3v) is 3.03. The zero-order valence-corrected chi connectivity index (χ0v) is 10.6. The molecule has 2 aromatic heterocycles. The van der Waals surface area contributed by atoms with Gasteiger partial charge in [-0.1, -0.05) is 23.7 Å². The van der Waals surface area contributed by atoms with Crippen LogP contribution in [-0.2, 0) is 6.61 Å². The number of ether oxygens (including phenoxy) is 1. The van der Waals surface area contributed by atoms with Crippen LogP contribution in [-0.4, -0.2) is 9.38 Å². The van der Waals surface area contributed by atoms with Gasteiger partial charge in [0.05, 0.1) is 11.9 Å². The van der Waals surface area contributed by atoms with Gasteiger partial charge in [-0.2, -0.15) is 0 Å². The Balaban J connectivity index is 1.86. The van der Waals surface area contributed by atoms with E-state index in [2.05, 4.69) is 4.98 Å². The van der Waals surface area contributed by atoms with Crippen molar-refractivity contribution in [2.24, 2.45) is 0 Å². The Labute approximate surface area is 114 Å². The minimum absolute atomic E-state index is 0.272. The van der Waals surface area contributed by atoms with Gasteiger partial charge >= 0.3 is 0 Å². The van der Waals surface area contributed by atoms with E-state index in [-0.39, 0.29) is 12.4 Å². The van der Waals surface area contributed by atoms with Gasteiger partial charge in [-0.3, -0.25) is 4.40 Å². The maximum atomic E-state index is 13.0. The van der Waals surface area contributed by atoms with E-state index >= 15 is 0 Å². The second-order valence-electron chi connectivity index (χ2n) is 4.04. The zero-order valence-electron chi connectivity index (χ0n) is 9.88. The highest BCUT2D eigenvalue weighted by Crippen LogP contribution is 2.18. The van der Waals surface area contributed by atoms with Crippen molar-refractivity contribution >= 4 is 17.2 Å². The summed E-state index contributed by atoms with van der Waals surface area (Å²) in [6.45, 7) is 0.272. The van der Waals surface area contributed by atoms with Crippen LogP contribution < -0.4 is 4.74 Å². The van der Waals surface area contributed by atoms with Crippen LogP contribution in [0.5, 0.6) is 5.75 Å². The SMILES string of the molecule is Fc1cccc(OCc2cnc3cccc(Cl)n23)c1. The van der Waals surface area contributed by atoms with Crippen LogP contribution in [0.15, 0.2) is 48.7 Å². The Morgan fingerprint density at radius 2 is 2.05 bits per heavy atom. The molecule has 0 spiro atoms. The number of hydrogen-bond acceptors (Lipinski definition) is 2. The molecule has 0 N–H and O–H groups in total. The molecule has 3 nitrogen and oxygen atoms in total.